The maximum atomic E-state index is 12.4. The molecule has 0 saturated carbocycles. The minimum atomic E-state index is -0.856. The highest BCUT2D eigenvalue weighted by Crippen LogP contribution is 2.24. The molecule has 0 radical (unpaired) electrons. The topological polar surface area (TPSA) is 75.4 Å². The van der Waals surface area contributed by atoms with Gasteiger partial charge in [0, 0.05) is 11.0 Å². The van der Waals surface area contributed by atoms with Crippen LogP contribution in [0.25, 0.3) is 0 Å². The van der Waals surface area contributed by atoms with Gasteiger partial charge in [-0.2, -0.15) is 0 Å². The highest BCUT2D eigenvalue weighted by Gasteiger charge is 2.26. The largest absolute Gasteiger partial charge is 0.351 e. The molecule has 3 amide bonds. The number of imide groups is 1. The molecule has 23 heavy (non-hydrogen) atoms. The van der Waals surface area contributed by atoms with Crippen molar-refractivity contribution >= 4 is 27.9 Å². The molecule has 0 aliphatic rings. The summed E-state index contributed by atoms with van der Waals surface area (Å²) in [6.45, 7) is 0.535. The number of nitrogens with one attached hydrogen (secondary N) is 1. The summed E-state index contributed by atoms with van der Waals surface area (Å²) in [5.41, 5.74) is 6.93. The van der Waals surface area contributed by atoms with Gasteiger partial charge in [0.15, 0.2) is 0 Å². The molecule has 2 aromatic carbocycles. The van der Waals surface area contributed by atoms with E-state index in [0.29, 0.717) is 6.54 Å². The number of hydrogen-bond acceptors (Lipinski definition) is 3. The second-order valence-electron chi connectivity index (χ2n) is 5.17. The number of nitrogens with two attached hydrogens (primary N) is 1. The van der Waals surface area contributed by atoms with Crippen molar-refractivity contribution in [2.45, 2.75) is 12.6 Å². The average molecular weight is 376 g/mol. The van der Waals surface area contributed by atoms with Gasteiger partial charge in [0.1, 0.15) is 6.04 Å². The lowest BCUT2D eigenvalue weighted by Crippen LogP contribution is -2.43. The molecule has 2 aromatic rings. The summed E-state index contributed by atoms with van der Waals surface area (Å²) >= 11 is 3.51. The first-order chi connectivity index (χ1) is 11.0. The lowest BCUT2D eigenvalue weighted by Gasteiger charge is -2.27. The fourth-order valence-corrected chi connectivity index (χ4v) is 2.83. The predicted molar refractivity (Wildman–Crippen MR) is 92.5 cm³/mol. The smallest absolute Gasteiger partial charge is 0.318 e. The summed E-state index contributed by atoms with van der Waals surface area (Å²) in [5.74, 6) is -0.446. The zero-order valence-corrected chi connectivity index (χ0v) is 14.3. The number of rotatable bonds is 5. The van der Waals surface area contributed by atoms with Crippen molar-refractivity contribution < 1.29 is 9.59 Å². The average Bonchev–Trinajstić information content (AvgIpc) is 2.50. The Balaban J connectivity index is 2.27. The van der Waals surface area contributed by atoms with E-state index in [-0.39, 0.29) is 0 Å². The molecule has 0 fully saturated rings. The van der Waals surface area contributed by atoms with Gasteiger partial charge in [-0.3, -0.25) is 15.0 Å². The van der Waals surface area contributed by atoms with Crippen LogP contribution >= 0.6 is 15.9 Å². The second-order valence-corrected chi connectivity index (χ2v) is 6.03. The monoisotopic (exact) mass is 375 g/mol. The number of primary amides is 1. The van der Waals surface area contributed by atoms with Gasteiger partial charge in [0.2, 0.25) is 5.91 Å². The molecule has 0 spiro atoms. The molecule has 0 heterocycles. The molecular weight excluding hydrogens is 358 g/mol. The molecule has 1 atom stereocenters. The maximum Gasteiger partial charge on any atom is 0.318 e. The van der Waals surface area contributed by atoms with Crippen LogP contribution in [0, 0.1) is 0 Å². The number of likely N-dealkylation sites (N-methyl/N-ethyl adjacent to an activating group) is 1. The van der Waals surface area contributed by atoms with E-state index in [1.807, 2.05) is 66.5 Å². The number of amides is 3. The predicted octanol–water partition coefficient (Wildman–Crippen LogP) is 2.82. The van der Waals surface area contributed by atoms with Crippen molar-refractivity contribution in [2.24, 2.45) is 5.73 Å². The molecule has 3 N–H and O–H groups in total. The van der Waals surface area contributed by atoms with Crippen LogP contribution in [-0.2, 0) is 11.3 Å². The van der Waals surface area contributed by atoms with Crippen LogP contribution in [0.2, 0.25) is 0 Å². The van der Waals surface area contributed by atoms with E-state index in [0.717, 1.165) is 15.6 Å². The molecule has 0 unspecified atom stereocenters. The molecule has 0 aliphatic heterocycles. The van der Waals surface area contributed by atoms with Crippen molar-refractivity contribution in [3.8, 4) is 0 Å². The molecule has 5 nitrogen and oxygen atoms in total. The first-order valence-electron chi connectivity index (χ1n) is 7.08. The Kier molecular flexibility index (Phi) is 5.90. The molecule has 0 saturated heterocycles. The van der Waals surface area contributed by atoms with Gasteiger partial charge in [0.25, 0.3) is 0 Å². The summed E-state index contributed by atoms with van der Waals surface area (Å²) in [6.07, 6.45) is 0. The first kappa shape index (κ1) is 17.2. The number of benzene rings is 2. The Morgan fingerprint density at radius 3 is 2.35 bits per heavy atom. The van der Waals surface area contributed by atoms with E-state index >= 15 is 0 Å². The maximum absolute atomic E-state index is 12.4. The summed E-state index contributed by atoms with van der Waals surface area (Å²) in [5, 5.41) is 2.17. The Hall–Kier alpha value is -2.18. The third-order valence-corrected chi connectivity index (χ3v) is 4.20. The van der Waals surface area contributed by atoms with Gasteiger partial charge in [-0.05, 0) is 24.2 Å². The molecule has 0 aliphatic carbocycles. The van der Waals surface area contributed by atoms with Crippen LogP contribution < -0.4 is 11.1 Å². The molecule has 2 rings (SSSR count). The third kappa shape index (κ3) is 4.64. The van der Waals surface area contributed by atoms with Gasteiger partial charge in [-0.25, -0.2) is 4.79 Å². The quantitative estimate of drug-likeness (QED) is 0.843. The van der Waals surface area contributed by atoms with E-state index in [4.69, 9.17) is 5.73 Å². The lowest BCUT2D eigenvalue weighted by atomic mass is 10.0. The van der Waals surface area contributed by atoms with Crippen molar-refractivity contribution in [1.82, 2.24) is 10.2 Å². The number of halogens is 1. The Morgan fingerprint density at radius 2 is 1.74 bits per heavy atom. The van der Waals surface area contributed by atoms with E-state index in [2.05, 4.69) is 21.2 Å². The van der Waals surface area contributed by atoms with Crippen molar-refractivity contribution in [3.63, 3.8) is 0 Å². The van der Waals surface area contributed by atoms with Crippen molar-refractivity contribution in [1.29, 1.82) is 0 Å². The molecule has 120 valence electrons. The van der Waals surface area contributed by atoms with Crippen molar-refractivity contribution in [2.75, 3.05) is 7.05 Å². The minimum Gasteiger partial charge on any atom is -0.351 e. The summed E-state index contributed by atoms with van der Waals surface area (Å²) < 4.78 is 0.967. The third-order valence-electron chi connectivity index (χ3n) is 3.43. The Bertz CT molecular complexity index is 691. The van der Waals surface area contributed by atoms with Gasteiger partial charge >= 0.3 is 6.03 Å². The first-order valence-corrected chi connectivity index (χ1v) is 7.87. The molecular formula is C17H18BrN3O2. The van der Waals surface area contributed by atoms with Gasteiger partial charge in [-0.15, -0.1) is 0 Å². The standard InChI is InChI=1S/C17H18BrN3O2/c1-21(11-13-9-5-6-10-14(13)18)15(16(22)20-17(19)23)12-7-3-2-4-8-12/h2-10,15H,11H2,1H3,(H3,19,20,22,23)/t15-/m1/s1. The second kappa shape index (κ2) is 7.89. The number of nitrogens with zero attached hydrogens (tertiary/aromatic N) is 1. The van der Waals surface area contributed by atoms with Crippen LogP contribution in [0.1, 0.15) is 17.2 Å². The van der Waals surface area contributed by atoms with Crippen LogP contribution in [-0.4, -0.2) is 23.9 Å². The number of carbonyl (C=O) groups excluding carboxylic acids is 2. The van der Waals surface area contributed by atoms with Crippen LogP contribution in [0.3, 0.4) is 0 Å². The minimum absolute atomic E-state index is 0.446. The van der Waals surface area contributed by atoms with E-state index in [1.165, 1.54) is 0 Å². The zero-order valence-electron chi connectivity index (χ0n) is 12.7. The lowest BCUT2D eigenvalue weighted by molar-refractivity contribution is -0.125. The molecule has 0 aromatic heterocycles. The van der Waals surface area contributed by atoms with Crippen molar-refractivity contribution in [3.05, 3.63) is 70.2 Å². The SMILES string of the molecule is CN(Cc1ccccc1Br)[C@@H](C(=O)NC(N)=O)c1ccccc1. The number of carbonyl (C=O) groups is 2. The van der Waals surface area contributed by atoms with Crippen LogP contribution in [0.15, 0.2) is 59.1 Å². The van der Waals surface area contributed by atoms with Gasteiger partial charge < -0.3 is 5.73 Å². The highest BCUT2D eigenvalue weighted by atomic mass is 79.9. The fourth-order valence-electron chi connectivity index (χ4n) is 2.42. The molecule has 0 bridgehead atoms. The Labute approximate surface area is 143 Å². The van der Waals surface area contributed by atoms with Crippen LogP contribution in [0.5, 0.6) is 0 Å². The Morgan fingerprint density at radius 1 is 1.13 bits per heavy atom. The van der Waals surface area contributed by atoms with Crippen LogP contribution in [0.4, 0.5) is 4.79 Å². The van der Waals surface area contributed by atoms with E-state index < -0.39 is 18.0 Å². The summed E-state index contributed by atoms with van der Waals surface area (Å²) in [4.78, 5) is 25.3. The van der Waals surface area contributed by atoms with E-state index in [9.17, 15) is 9.59 Å². The van der Waals surface area contributed by atoms with E-state index in [1.54, 1.807) is 0 Å². The summed E-state index contributed by atoms with van der Waals surface area (Å²) in [7, 11) is 1.83. The highest BCUT2D eigenvalue weighted by molar-refractivity contribution is 9.10. The fraction of sp³-hybridized carbons (Fsp3) is 0.176. The summed E-state index contributed by atoms with van der Waals surface area (Å²) in [6, 6.07) is 15.6. The number of hydrogen-bond donors (Lipinski definition) is 2. The number of urea groups is 1. The zero-order chi connectivity index (χ0) is 16.8. The normalized spacial score (nSPS) is 12.0. The van der Waals surface area contributed by atoms with Gasteiger partial charge in [-0.1, -0.05) is 64.5 Å². The molecule has 6 heteroatoms. The van der Waals surface area contributed by atoms with Gasteiger partial charge in [0.05, 0.1) is 0 Å².